The molecule has 1 heterocycles. The lowest BCUT2D eigenvalue weighted by atomic mass is 10.2. The van der Waals surface area contributed by atoms with Crippen LogP contribution in [0.1, 0.15) is 17.0 Å². The molecular weight excluding hydrogens is 314 g/mol. The first-order valence-electron chi connectivity index (χ1n) is 6.27. The van der Waals surface area contributed by atoms with Gasteiger partial charge in [-0.25, -0.2) is 13.1 Å². The third kappa shape index (κ3) is 4.04. The molecular formula is C13H16ClN3O3S. The summed E-state index contributed by atoms with van der Waals surface area (Å²) < 4.78 is 31.9. The summed E-state index contributed by atoms with van der Waals surface area (Å²) in [6.07, 6.45) is 0. The zero-order valence-corrected chi connectivity index (χ0v) is 13.3. The number of aromatic nitrogens is 1. The number of benzene rings is 1. The number of halogens is 1. The highest BCUT2D eigenvalue weighted by atomic mass is 35.5. The van der Waals surface area contributed by atoms with E-state index in [2.05, 4.69) is 15.2 Å². The van der Waals surface area contributed by atoms with Gasteiger partial charge in [-0.1, -0.05) is 16.8 Å². The van der Waals surface area contributed by atoms with E-state index in [1.54, 1.807) is 32.2 Å². The molecule has 0 amide bonds. The summed E-state index contributed by atoms with van der Waals surface area (Å²) in [6, 6.07) is 6.26. The molecule has 0 saturated carbocycles. The van der Waals surface area contributed by atoms with E-state index in [-0.39, 0.29) is 11.4 Å². The van der Waals surface area contributed by atoms with Gasteiger partial charge in [0, 0.05) is 17.6 Å². The molecule has 8 heteroatoms. The van der Waals surface area contributed by atoms with Gasteiger partial charge < -0.3 is 9.84 Å². The molecule has 0 unspecified atom stereocenters. The fourth-order valence-electron chi connectivity index (χ4n) is 1.79. The second kappa shape index (κ2) is 6.57. The third-order valence-electron chi connectivity index (χ3n) is 2.81. The van der Waals surface area contributed by atoms with Crippen LogP contribution in [0, 0.1) is 6.92 Å². The first kappa shape index (κ1) is 16.0. The minimum absolute atomic E-state index is 0.0488. The third-order valence-corrected chi connectivity index (χ3v) is 4.58. The van der Waals surface area contributed by atoms with Gasteiger partial charge in [0.15, 0.2) is 5.76 Å². The Morgan fingerprint density at radius 1 is 1.29 bits per heavy atom. The fraction of sp³-hybridized carbons (Fsp3) is 0.308. The van der Waals surface area contributed by atoms with Crippen molar-refractivity contribution in [3.8, 4) is 0 Å². The molecule has 0 aliphatic rings. The molecule has 2 aromatic rings. The average Bonchev–Trinajstić information content (AvgIpc) is 2.85. The second-order valence-corrected chi connectivity index (χ2v) is 6.72. The summed E-state index contributed by atoms with van der Waals surface area (Å²) in [5.41, 5.74) is 1.42. The highest BCUT2D eigenvalue weighted by Gasteiger charge is 2.16. The van der Waals surface area contributed by atoms with Gasteiger partial charge in [0.05, 0.1) is 17.1 Å². The molecule has 0 saturated heterocycles. The molecule has 114 valence electrons. The van der Waals surface area contributed by atoms with Crippen molar-refractivity contribution in [1.29, 1.82) is 0 Å². The predicted octanol–water partition coefficient (Wildman–Crippen LogP) is 1.83. The van der Waals surface area contributed by atoms with Crippen LogP contribution >= 0.6 is 11.6 Å². The summed E-state index contributed by atoms with van der Waals surface area (Å²) in [5.74, 6) is 0.459. The van der Waals surface area contributed by atoms with E-state index in [0.29, 0.717) is 23.0 Å². The van der Waals surface area contributed by atoms with Crippen molar-refractivity contribution in [3.05, 3.63) is 46.3 Å². The standard InChI is InChI=1S/C13H16ClN3O3S/c1-9-5-11(20-17-9)8-16-21(18,19)12-3-4-13(14)10(6-12)7-15-2/h3-6,15-16H,7-8H2,1-2H3. The number of nitrogens with zero attached hydrogens (tertiary/aromatic N) is 1. The molecule has 0 radical (unpaired) electrons. The number of rotatable bonds is 6. The SMILES string of the molecule is CNCc1cc(S(=O)(=O)NCc2cc(C)no2)ccc1Cl. The lowest BCUT2D eigenvalue weighted by Crippen LogP contribution is -2.23. The molecule has 0 atom stereocenters. The first-order chi connectivity index (χ1) is 9.92. The zero-order valence-electron chi connectivity index (χ0n) is 11.7. The maximum atomic E-state index is 12.2. The lowest BCUT2D eigenvalue weighted by Gasteiger charge is -2.09. The Kier molecular flexibility index (Phi) is 5.00. The number of aryl methyl sites for hydroxylation is 1. The van der Waals surface area contributed by atoms with Crippen LogP contribution < -0.4 is 10.0 Å². The molecule has 0 spiro atoms. The van der Waals surface area contributed by atoms with Crippen LogP contribution in [-0.2, 0) is 23.1 Å². The van der Waals surface area contributed by atoms with E-state index in [1.807, 2.05) is 0 Å². The van der Waals surface area contributed by atoms with E-state index < -0.39 is 10.0 Å². The van der Waals surface area contributed by atoms with Gasteiger partial charge >= 0.3 is 0 Å². The van der Waals surface area contributed by atoms with Crippen LogP contribution in [0.3, 0.4) is 0 Å². The van der Waals surface area contributed by atoms with Crippen molar-refractivity contribution >= 4 is 21.6 Å². The van der Waals surface area contributed by atoms with Crippen molar-refractivity contribution in [2.24, 2.45) is 0 Å². The molecule has 1 aromatic carbocycles. The van der Waals surface area contributed by atoms with Crippen LogP contribution in [-0.4, -0.2) is 20.6 Å². The van der Waals surface area contributed by atoms with Crippen molar-refractivity contribution < 1.29 is 12.9 Å². The topological polar surface area (TPSA) is 84.2 Å². The van der Waals surface area contributed by atoms with Crippen molar-refractivity contribution in [2.45, 2.75) is 24.9 Å². The van der Waals surface area contributed by atoms with Crippen molar-refractivity contribution in [3.63, 3.8) is 0 Å². The molecule has 0 aliphatic carbocycles. The van der Waals surface area contributed by atoms with Crippen LogP contribution in [0.25, 0.3) is 0 Å². The largest absolute Gasteiger partial charge is 0.360 e. The average molecular weight is 330 g/mol. The number of hydrogen-bond donors (Lipinski definition) is 2. The summed E-state index contributed by atoms with van der Waals surface area (Å²) in [6.45, 7) is 2.31. The number of hydrogen-bond acceptors (Lipinski definition) is 5. The molecule has 1 aromatic heterocycles. The predicted molar refractivity (Wildman–Crippen MR) is 79.5 cm³/mol. The molecule has 0 aliphatic heterocycles. The minimum Gasteiger partial charge on any atom is -0.360 e. The molecule has 2 rings (SSSR count). The van der Waals surface area contributed by atoms with Crippen LogP contribution in [0.2, 0.25) is 5.02 Å². The number of sulfonamides is 1. The van der Waals surface area contributed by atoms with E-state index in [1.165, 1.54) is 6.07 Å². The summed E-state index contributed by atoms with van der Waals surface area (Å²) in [5, 5.41) is 7.17. The van der Waals surface area contributed by atoms with Crippen LogP contribution in [0.5, 0.6) is 0 Å². The van der Waals surface area contributed by atoms with Crippen molar-refractivity contribution in [2.75, 3.05) is 7.05 Å². The van der Waals surface area contributed by atoms with Gasteiger partial charge in [0.2, 0.25) is 10.0 Å². The van der Waals surface area contributed by atoms with Gasteiger partial charge in [-0.15, -0.1) is 0 Å². The van der Waals surface area contributed by atoms with Crippen LogP contribution in [0.4, 0.5) is 0 Å². The Morgan fingerprint density at radius 2 is 2.05 bits per heavy atom. The molecule has 21 heavy (non-hydrogen) atoms. The van der Waals surface area contributed by atoms with E-state index in [0.717, 1.165) is 5.56 Å². The molecule has 0 bridgehead atoms. The first-order valence-corrected chi connectivity index (χ1v) is 8.13. The lowest BCUT2D eigenvalue weighted by molar-refractivity contribution is 0.377. The zero-order chi connectivity index (χ0) is 15.5. The maximum Gasteiger partial charge on any atom is 0.240 e. The Bertz CT molecular complexity index is 728. The minimum atomic E-state index is -3.63. The van der Waals surface area contributed by atoms with Gasteiger partial charge in [-0.2, -0.15) is 0 Å². The van der Waals surface area contributed by atoms with Gasteiger partial charge in [0.25, 0.3) is 0 Å². The molecule has 6 nitrogen and oxygen atoms in total. The molecule has 2 N–H and O–H groups in total. The normalized spacial score (nSPS) is 11.8. The summed E-state index contributed by atoms with van der Waals surface area (Å²) >= 11 is 6.02. The van der Waals surface area contributed by atoms with Crippen molar-refractivity contribution in [1.82, 2.24) is 15.2 Å². The van der Waals surface area contributed by atoms with Gasteiger partial charge in [-0.05, 0) is 37.7 Å². The highest BCUT2D eigenvalue weighted by Crippen LogP contribution is 2.20. The van der Waals surface area contributed by atoms with E-state index in [4.69, 9.17) is 16.1 Å². The maximum absolute atomic E-state index is 12.2. The number of nitrogens with one attached hydrogen (secondary N) is 2. The Morgan fingerprint density at radius 3 is 2.67 bits per heavy atom. The Balaban J connectivity index is 2.17. The van der Waals surface area contributed by atoms with E-state index >= 15 is 0 Å². The Labute approximate surface area is 128 Å². The Hall–Kier alpha value is -1.41. The smallest absolute Gasteiger partial charge is 0.240 e. The fourth-order valence-corrected chi connectivity index (χ4v) is 3.02. The quantitative estimate of drug-likeness (QED) is 0.844. The van der Waals surface area contributed by atoms with Crippen LogP contribution in [0.15, 0.2) is 33.7 Å². The van der Waals surface area contributed by atoms with Gasteiger partial charge in [-0.3, -0.25) is 0 Å². The summed E-state index contributed by atoms with van der Waals surface area (Å²) in [4.78, 5) is 0.161. The van der Waals surface area contributed by atoms with E-state index in [9.17, 15) is 8.42 Å². The molecule has 0 fully saturated rings. The second-order valence-electron chi connectivity index (χ2n) is 4.54. The summed E-state index contributed by atoms with van der Waals surface area (Å²) in [7, 11) is -1.87. The monoisotopic (exact) mass is 329 g/mol. The van der Waals surface area contributed by atoms with Gasteiger partial charge in [0.1, 0.15) is 0 Å². The highest BCUT2D eigenvalue weighted by molar-refractivity contribution is 7.89.